The van der Waals surface area contributed by atoms with E-state index in [4.69, 9.17) is 4.74 Å². The minimum atomic E-state index is -0.964. The zero-order chi connectivity index (χ0) is 18.0. The van der Waals surface area contributed by atoms with Crippen molar-refractivity contribution in [1.29, 1.82) is 5.26 Å². The number of nitrogens with zero attached hydrogens (tertiary/aromatic N) is 2. The van der Waals surface area contributed by atoms with Gasteiger partial charge in [0.15, 0.2) is 5.76 Å². The fourth-order valence-electron chi connectivity index (χ4n) is 2.66. The van der Waals surface area contributed by atoms with Gasteiger partial charge in [0.2, 0.25) is 0 Å². The first kappa shape index (κ1) is 16.7. The lowest BCUT2D eigenvalue weighted by Crippen LogP contribution is -2.26. The molecular weight excluding hydrogens is 345 g/mol. The van der Waals surface area contributed by atoms with Gasteiger partial charge >= 0.3 is 5.70 Å². The van der Waals surface area contributed by atoms with Gasteiger partial charge in [0.25, 0.3) is 5.88 Å². The molecule has 0 spiro atoms. The van der Waals surface area contributed by atoms with E-state index < -0.39 is 16.7 Å². The van der Waals surface area contributed by atoms with Gasteiger partial charge in [-0.1, -0.05) is 18.2 Å². The number of hydrogen-bond donors (Lipinski definition) is 1. The van der Waals surface area contributed by atoms with Crippen molar-refractivity contribution >= 4 is 17.1 Å². The summed E-state index contributed by atoms with van der Waals surface area (Å²) >= 11 is 1.36. The van der Waals surface area contributed by atoms with Gasteiger partial charge in [0.1, 0.15) is 11.7 Å². The highest BCUT2D eigenvalue weighted by Gasteiger charge is 2.42. The standard InChI is InChI=1S/C17H12FN3O3S/c1-20-17-15(21(22)23)14(10-4-6-11(18)7-5-10)12(9-19)16(24-17)13-3-2-8-25-13/h2-8,14,20H,1H3. The molecule has 0 fully saturated rings. The van der Waals surface area contributed by atoms with Crippen molar-refractivity contribution < 1.29 is 14.1 Å². The Morgan fingerprint density at radius 2 is 2.08 bits per heavy atom. The van der Waals surface area contributed by atoms with Gasteiger partial charge in [0, 0.05) is 7.05 Å². The Kier molecular flexibility index (Phi) is 4.50. The Labute approximate surface area is 146 Å². The third-order valence-corrected chi connectivity index (χ3v) is 4.60. The van der Waals surface area contributed by atoms with Crippen LogP contribution in [0.2, 0.25) is 0 Å². The Bertz CT molecular complexity index is 912. The molecule has 1 N–H and O–H groups in total. The summed E-state index contributed by atoms with van der Waals surface area (Å²) in [6.45, 7) is 0. The van der Waals surface area contributed by atoms with Gasteiger partial charge in [-0.25, -0.2) is 4.39 Å². The van der Waals surface area contributed by atoms with Crippen molar-refractivity contribution in [3.63, 3.8) is 0 Å². The topological polar surface area (TPSA) is 88.2 Å². The average Bonchev–Trinajstić information content (AvgIpc) is 3.14. The lowest BCUT2D eigenvalue weighted by molar-refractivity contribution is -0.433. The lowest BCUT2D eigenvalue weighted by Gasteiger charge is -2.24. The first-order valence-corrected chi connectivity index (χ1v) is 8.12. The molecule has 1 unspecified atom stereocenters. The van der Waals surface area contributed by atoms with E-state index in [1.54, 1.807) is 12.1 Å². The largest absolute Gasteiger partial charge is 0.433 e. The molecule has 0 saturated heterocycles. The van der Waals surface area contributed by atoms with Crippen LogP contribution in [0.5, 0.6) is 0 Å². The number of rotatable bonds is 4. The molecule has 1 aliphatic rings. The molecule has 2 heterocycles. The summed E-state index contributed by atoms with van der Waals surface area (Å²) in [7, 11) is 1.50. The van der Waals surface area contributed by atoms with E-state index in [0.29, 0.717) is 10.4 Å². The maximum absolute atomic E-state index is 13.3. The molecular formula is C17H12FN3O3S. The van der Waals surface area contributed by atoms with Crippen molar-refractivity contribution in [1.82, 2.24) is 5.32 Å². The molecule has 3 rings (SSSR count). The zero-order valence-electron chi connectivity index (χ0n) is 13.0. The van der Waals surface area contributed by atoms with Gasteiger partial charge < -0.3 is 10.1 Å². The van der Waals surface area contributed by atoms with Crippen LogP contribution >= 0.6 is 11.3 Å². The first-order valence-electron chi connectivity index (χ1n) is 7.24. The highest BCUT2D eigenvalue weighted by atomic mass is 32.1. The number of hydrogen-bond acceptors (Lipinski definition) is 6. The van der Waals surface area contributed by atoms with Crippen LogP contribution in [-0.4, -0.2) is 12.0 Å². The van der Waals surface area contributed by atoms with E-state index in [-0.39, 0.29) is 22.9 Å². The molecule has 8 heteroatoms. The number of benzene rings is 1. The molecule has 0 aliphatic carbocycles. The van der Waals surface area contributed by atoms with E-state index in [9.17, 15) is 19.8 Å². The van der Waals surface area contributed by atoms with Gasteiger partial charge in [-0.05, 0) is 29.1 Å². The number of nitrogens with one attached hydrogen (secondary N) is 1. The van der Waals surface area contributed by atoms with Gasteiger partial charge in [-0.15, -0.1) is 11.3 Å². The average molecular weight is 357 g/mol. The minimum absolute atomic E-state index is 0.0401. The van der Waals surface area contributed by atoms with Crippen molar-refractivity contribution in [3.05, 3.63) is 85.3 Å². The van der Waals surface area contributed by atoms with Crippen LogP contribution in [-0.2, 0) is 4.74 Å². The second kappa shape index (κ2) is 6.75. The number of halogens is 1. The SMILES string of the molecule is CNC1=C([N+](=O)[O-])C(c2ccc(F)cc2)C(C#N)=C(c2cccs2)O1. The monoisotopic (exact) mass is 357 g/mol. The Morgan fingerprint density at radius 1 is 1.36 bits per heavy atom. The van der Waals surface area contributed by atoms with Gasteiger partial charge in [0.05, 0.1) is 21.4 Å². The molecule has 6 nitrogen and oxygen atoms in total. The zero-order valence-corrected chi connectivity index (χ0v) is 13.8. The molecule has 2 aromatic rings. The Balaban J connectivity index is 2.26. The molecule has 1 aromatic carbocycles. The summed E-state index contributed by atoms with van der Waals surface area (Å²) in [5.41, 5.74) is 0.264. The van der Waals surface area contributed by atoms with Crippen LogP contribution in [0.3, 0.4) is 0 Å². The van der Waals surface area contributed by atoms with E-state index >= 15 is 0 Å². The second-order valence-corrected chi connectivity index (χ2v) is 6.09. The predicted octanol–water partition coefficient (Wildman–Crippen LogP) is 3.60. The number of nitro groups is 1. The fraction of sp³-hybridized carbons (Fsp3) is 0.118. The summed E-state index contributed by atoms with van der Waals surface area (Å²) in [4.78, 5) is 11.8. The Hall–Kier alpha value is -3.18. The van der Waals surface area contributed by atoms with Crippen molar-refractivity contribution in [2.45, 2.75) is 5.92 Å². The molecule has 1 aromatic heterocycles. The third kappa shape index (κ3) is 2.97. The van der Waals surface area contributed by atoms with Crippen LogP contribution in [0, 0.1) is 27.3 Å². The molecule has 0 amide bonds. The van der Waals surface area contributed by atoms with Crippen LogP contribution in [0.15, 0.2) is 58.9 Å². The predicted molar refractivity (Wildman–Crippen MR) is 90.2 cm³/mol. The summed E-state index contributed by atoms with van der Waals surface area (Å²) in [6, 6.07) is 10.9. The normalized spacial score (nSPS) is 17.1. The fourth-order valence-corrected chi connectivity index (χ4v) is 3.38. The molecule has 25 heavy (non-hydrogen) atoms. The molecule has 0 bridgehead atoms. The van der Waals surface area contributed by atoms with Crippen LogP contribution in [0.4, 0.5) is 4.39 Å². The molecule has 0 saturated carbocycles. The molecule has 0 radical (unpaired) electrons. The highest BCUT2D eigenvalue weighted by molar-refractivity contribution is 7.11. The van der Waals surface area contributed by atoms with Crippen LogP contribution in [0.1, 0.15) is 16.4 Å². The molecule has 1 atom stereocenters. The lowest BCUT2D eigenvalue weighted by atomic mass is 9.86. The first-order chi connectivity index (χ1) is 12.1. The number of ether oxygens (including phenoxy) is 1. The second-order valence-electron chi connectivity index (χ2n) is 5.14. The van der Waals surface area contributed by atoms with Gasteiger partial charge in [-0.2, -0.15) is 5.26 Å². The smallest absolute Gasteiger partial charge is 0.318 e. The number of nitriles is 1. The number of thiophene rings is 1. The van der Waals surface area contributed by atoms with Crippen molar-refractivity contribution in [3.8, 4) is 6.07 Å². The maximum atomic E-state index is 13.3. The minimum Gasteiger partial charge on any atom is -0.433 e. The van der Waals surface area contributed by atoms with Crippen LogP contribution < -0.4 is 5.32 Å². The third-order valence-electron chi connectivity index (χ3n) is 3.74. The quantitative estimate of drug-likeness (QED) is 0.667. The van der Waals surface area contributed by atoms with E-state index in [1.807, 2.05) is 11.4 Å². The van der Waals surface area contributed by atoms with E-state index in [2.05, 4.69) is 5.32 Å². The highest BCUT2D eigenvalue weighted by Crippen LogP contribution is 2.43. The molecule has 1 aliphatic heterocycles. The van der Waals surface area contributed by atoms with Gasteiger partial charge in [-0.3, -0.25) is 10.1 Å². The van der Waals surface area contributed by atoms with E-state index in [1.165, 1.54) is 42.6 Å². The maximum Gasteiger partial charge on any atom is 0.318 e. The number of allylic oxidation sites excluding steroid dienone is 1. The van der Waals surface area contributed by atoms with Crippen molar-refractivity contribution in [2.75, 3.05) is 7.05 Å². The summed E-state index contributed by atoms with van der Waals surface area (Å²) < 4.78 is 18.9. The van der Waals surface area contributed by atoms with Crippen molar-refractivity contribution in [2.24, 2.45) is 0 Å². The Morgan fingerprint density at radius 3 is 2.60 bits per heavy atom. The summed E-state index contributed by atoms with van der Waals surface area (Å²) in [6.07, 6.45) is 0. The summed E-state index contributed by atoms with van der Waals surface area (Å²) in [5.74, 6) is -1.20. The van der Waals surface area contributed by atoms with Crippen LogP contribution in [0.25, 0.3) is 5.76 Å². The molecule has 126 valence electrons. The summed E-state index contributed by atoms with van der Waals surface area (Å²) in [5, 5.41) is 25.8. The van der Waals surface area contributed by atoms with E-state index in [0.717, 1.165) is 0 Å².